The first-order valence-electron chi connectivity index (χ1n) is 5.61. The molecule has 2 amide bonds. The molecule has 0 heterocycles. The fourth-order valence-corrected chi connectivity index (χ4v) is 1.32. The Labute approximate surface area is 110 Å². The summed E-state index contributed by atoms with van der Waals surface area (Å²) in [4.78, 5) is 22.4. The predicted molar refractivity (Wildman–Crippen MR) is 69.8 cm³/mol. The third kappa shape index (κ3) is 4.79. The molecular formula is C13H15FN2O3. The molecule has 1 aromatic rings. The van der Waals surface area contributed by atoms with Gasteiger partial charge in [-0.1, -0.05) is 11.6 Å². The summed E-state index contributed by atoms with van der Waals surface area (Å²) in [5.41, 5.74) is 0.800. The molecule has 0 spiro atoms. The van der Waals surface area contributed by atoms with Gasteiger partial charge in [-0.25, -0.2) is 14.0 Å². The first kappa shape index (κ1) is 14.7. The molecule has 0 radical (unpaired) electrons. The zero-order chi connectivity index (χ0) is 14.4. The molecular weight excluding hydrogens is 251 g/mol. The van der Waals surface area contributed by atoms with Crippen LogP contribution in [-0.2, 0) is 0 Å². The molecule has 3 N–H and O–H groups in total. The van der Waals surface area contributed by atoms with Crippen LogP contribution >= 0.6 is 0 Å². The summed E-state index contributed by atoms with van der Waals surface area (Å²) in [5.74, 6) is -1.98. The van der Waals surface area contributed by atoms with Crippen molar-refractivity contribution in [2.24, 2.45) is 0 Å². The smallest absolute Gasteiger partial charge is 0.337 e. The number of anilines is 1. The average Bonchev–Trinajstić information content (AvgIpc) is 2.30. The second-order valence-electron chi connectivity index (χ2n) is 4.11. The molecule has 102 valence electrons. The summed E-state index contributed by atoms with van der Waals surface area (Å²) in [7, 11) is 0. The van der Waals surface area contributed by atoms with Crippen molar-refractivity contribution < 1.29 is 19.1 Å². The quantitative estimate of drug-likeness (QED) is 0.733. The van der Waals surface area contributed by atoms with Crippen molar-refractivity contribution in [3.8, 4) is 0 Å². The SMILES string of the molecule is CC(C)=CCNC(=O)Nc1ccc(F)cc1C(=O)O. The van der Waals surface area contributed by atoms with Gasteiger partial charge in [0.1, 0.15) is 5.82 Å². The summed E-state index contributed by atoms with van der Waals surface area (Å²) >= 11 is 0. The molecule has 1 rings (SSSR count). The number of carboxylic acids is 1. The standard InChI is InChI=1S/C13H15FN2O3/c1-8(2)5-6-15-13(19)16-11-4-3-9(14)7-10(11)12(17)18/h3-5,7H,6H2,1-2H3,(H,17,18)(H2,15,16,19). The Bertz CT molecular complexity index is 523. The number of aromatic carboxylic acids is 1. The number of carbonyl (C=O) groups is 2. The number of hydrogen-bond donors (Lipinski definition) is 3. The van der Waals surface area contributed by atoms with E-state index in [-0.39, 0.29) is 11.3 Å². The minimum Gasteiger partial charge on any atom is -0.478 e. The maximum absolute atomic E-state index is 12.9. The van der Waals surface area contributed by atoms with Gasteiger partial charge in [-0.2, -0.15) is 0 Å². The number of amides is 2. The lowest BCUT2D eigenvalue weighted by atomic mass is 10.2. The number of urea groups is 1. The molecule has 0 fully saturated rings. The Morgan fingerprint density at radius 3 is 2.63 bits per heavy atom. The summed E-state index contributed by atoms with van der Waals surface area (Å²) in [6, 6.07) is 2.59. The lowest BCUT2D eigenvalue weighted by Gasteiger charge is -2.09. The van der Waals surface area contributed by atoms with E-state index in [2.05, 4.69) is 10.6 Å². The van der Waals surface area contributed by atoms with Gasteiger partial charge in [0, 0.05) is 6.54 Å². The molecule has 0 saturated heterocycles. The molecule has 0 aliphatic carbocycles. The molecule has 0 bridgehead atoms. The lowest BCUT2D eigenvalue weighted by molar-refractivity contribution is 0.0697. The number of halogens is 1. The van der Waals surface area contributed by atoms with Crippen LogP contribution in [-0.4, -0.2) is 23.7 Å². The fraction of sp³-hybridized carbons (Fsp3) is 0.231. The maximum atomic E-state index is 12.9. The van der Waals surface area contributed by atoms with Gasteiger partial charge in [-0.05, 0) is 32.0 Å². The third-order valence-corrected chi connectivity index (χ3v) is 2.23. The second-order valence-corrected chi connectivity index (χ2v) is 4.11. The summed E-state index contributed by atoms with van der Waals surface area (Å²) in [6.45, 7) is 4.11. The van der Waals surface area contributed by atoms with Crippen molar-refractivity contribution in [2.75, 3.05) is 11.9 Å². The highest BCUT2D eigenvalue weighted by atomic mass is 19.1. The lowest BCUT2D eigenvalue weighted by Crippen LogP contribution is -2.29. The van der Waals surface area contributed by atoms with Crippen LogP contribution in [0.5, 0.6) is 0 Å². The van der Waals surface area contributed by atoms with Crippen LogP contribution in [0.2, 0.25) is 0 Å². The fourth-order valence-electron chi connectivity index (χ4n) is 1.32. The van der Waals surface area contributed by atoms with Crippen LogP contribution in [0.3, 0.4) is 0 Å². The summed E-state index contributed by atoms with van der Waals surface area (Å²) in [5, 5.41) is 13.8. The van der Waals surface area contributed by atoms with E-state index in [9.17, 15) is 14.0 Å². The molecule has 19 heavy (non-hydrogen) atoms. The average molecular weight is 266 g/mol. The van der Waals surface area contributed by atoms with Crippen LogP contribution in [0.1, 0.15) is 24.2 Å². The first-order chi connectivity index (χ1) is 8.90. The van der Waals surface area contributed by atoms with Crippen LogP contribution in [0.15, 0.2) is 29.8 Å². The van der Waals surface area contributed by atoms with Crippen LogP contribution in [0, 0.1) is 5.82 Å². The maximum Gasteiger partial charge on any atom is 0.337 e. The van der Waals surface area contributed by atoms with Crippen LogP contribution in [0.25, 0.3) is 0 Å². The number of benzene rings is 1. The van der Waals surface area contributed by atoms with Gasteiger partial charge in [-0.3, -0.25) is 0 Å². The normalized spacial score (nSPS) is 9.63. The van der Waals surface area contributed by atoms with E-state index in [0.29, 0.717) is 6.54 Å². The number of carbonyl (C=O) groups excluding carboxylic acids is 1. The number of allylic oxidation sites excluding steroid dienone is 1. The van der Waals surface area contributed by atoms with Crippen LogP contribution in [0.4, 0.5) is 14.9 Å². The highest BCUT2D eigenvalue weighted by molar-refractivity contribution is 6.00. The van der Waals surface area contributed by atoms with Gasteiger partial charge in [0.25, 0.3) is 0 Å². The van der Waals surface area contributed by atoms with Crippen molar-refractivity contribution in [1.82, 2.24) is 5.32 Å². The molecule has 0 unspecified atom stereocenters. The molecule has 1 aromatic carbocycles. The first-order valence-corrected chi connectivity index (χ1v) is 5.61. The topological polar surface area (TPSA) is 78.4 Å². The van der Waals surface area contributed by atoms with E-state index < -0.39 is 17.8 Å². The Morgan fingerprint density at radius 2 is 2.05 bits per heavy atom. The zero-order valence-corrected chi connectivity index (χ0v) is 10.7. The van der Waals surface area contributed by atoms with E-state index >= 15 is 0 Å². The number of nitrogens with one attached hydrogen (secondary N) is 2. The van der Waals surface area contributed by atoms with Crippen molar-refractivity contribution in [3.05, 3.63) is 41.2 Å². The minimum absolute atomic E-state index is 0.0450. The predicted octanol–water partition coefficient (Wildman–Crippen LogP) is 2.61. The molecule has 0 aliphatic heterocycles. The highest BCUT2D eigenvalue weighted by Gasteiger charge is 2.13. The number of rotatable bonds is 4. The van der Waals surface area contributed by atoms with Gasteiger partial charge in [-0.15, -0.1) is 0 Å². The van der Waals surface area contributed by atoms with Crippen molar-refractivity contribution in [3.63, 3.8) is 0 Å². The Hall–Kier alpha value is -2.37. The highest BCUT2D eigenvalue weighted by Crippen LogP contribution is 2.16. The largest absolute Gasteiger partial charge is 0.478 e. The van der Waals surface area contributed by atoms with E-state index in [1.165, 1.54) is 6.07 Å². The Kier molecular flexibility index (Phi) is 5.05. The number of carboxylic acid groups (broad SMARTS) is 1. The summed E-state index contributed by atoms with van der Waals surface area (Å²) < 4.78 is 12.9. The molecule has 0 aliphatic rings. The van der Waals surface area contributed by atoms with Gasteiger partial charge in [0.2, 0.25) is 0 Å². The number of hydrogen-bond acceptors (Lipinski definition) is 2. The molecule has 6 heteroatoms. The monoisotopic (exact) mass is 266 g/mol. The van der Waals surface area contributed by atoms with Gasteiger partial charge in [0.05, 0.1) is 11.3 Å². The second kappa shape index (κ2) is 6.53. The van der Waals surface area contributed by atoms with Gasteiger partial charge in [0.15, 0.2) is 0 Å². The molecule has 0 saturated carbocycles. The van der Waals surface area contributed by atoms with Gasteiger partial charge >= 0.3 is 12.0 Å². The van der Waals surface area contributed by atoms with Crippen molar-refractivity contribution >= 4 is 17.7 Å². The van der Waals surface area contributed by atoms with Crippen molar-refractivity contribution in [1.29, 1.82) is 0 Å². The van der Waals surface area contributed by atoms with Crippen molar-refractivity contribution in [2.45, 2.75) is 13.8 Å². The Morgan fingerprint density at radius 1 is 1.37 bits per heavy atom. The van der Waals surface area contributed by atoms with Crippen LogP contribution < -0.4 is 10.6 Å². The molecule has 0 aromatic heterocycles. The van der Waals surface area contributed by atoms with E-state index in [4.69, 9.17) is 5.11 Å². The Balaban J connectivity index is 2.74. The van der Waals surface area contributed by atoms with E-state index in [0.717, 1.165) is 17.7 Å². The molecule has 5 nitrogen and oxygen atoms in total. The van der Waals surface area contributed by atoms with Gasteiger partial charge < -0.3 is 15.7 Å². The third-order valence-electron chi connectivity index (χ3n) is 2.23. The summed E-state index contributed by atoms with van der Waals surface area (Å²) in [6.07, 6.45) is 1.81. The van der Waals surface area contributed by atoms with E-state index in [1.54, 1.807) is 0 Å². The zero-order valence-electron chi connectivity index (χ0n) is 10.7. The van der Waals surface area contributed by atoms with E-state index in [1.807, 2.05) is 19.9 Å². The minimum atomic E-state index is -1.31. The molecule has 0 atom stereocenters.